The number of hydrogen-bond acceptors (Lipinski definition) is 7. The molecule has 0 unspecified atom stereocenters. The number of carbonyl (C=O) groups is 2. The van der Waals surface area contributed by atoms with Gasteiger partial charge in [0.15, 0.2) is 10.9 Å². The number of amides is 1. The Morgan fingerprint density at radius 2 is 1.94 bits per heavy atom. The highest BCUT2D eigenvalue weighted by Crippen LogP contribution is 2.38. The second-order valence-corrected chi connectivity index (χ2v) is 9.31. The first kappa shape index (κ1) is 21.2. The summed E-state index contributed by atoms with van der Waals surface area (Å²) in [6.45, 7) is 0. The van der Waals surface area contributed by atoms with Gasteiger partial charge in [0.1, 0.15) is 16.8 Å². The van der Waals surface area contributed by atoms with Crippen LogP contribution in [-0.2, 0) is 17.6 Å². The largest absolute Gasteiger partial charge is 0.342 e. The molecule has 156 valence electrons. The number of thiophene rings is 1. The number of allylic oxidation sites excluding steroid dienone is 1. The number of aryl methyl sites for hydroxylation is 1. The van der Waals surface area contributed by atoms with Crippen molar-refractivity contribution in [3.8, 4) is 6.07 Å². The third kappa shape index (κ3) is 4.85. The van der Waals surface area contributed by atoms with Gasteiger partial charge < -0.3 is 5.32 Å². The van der Waals surface area contributed by atoms with Gasteiger partial charge in [-0.25, -0.2) is 4.98 Å². The van der Waals surface area contributed by atoms with Gasteiger partial charge in [-0.2, -0.15) is 5.26 Å². The number of fused-ring (bicyclic) bond motifs is 1. The lowest BCUT2D eigenvalue weighted by Crippen LogP contribution is -2.21. The number of ketones is 1. The van der Waals surface area contributed by atoms with Crippen molar-refractivity contribution < 1.29 is 9.59 Å². The van der Waals surface area contributed by atoms with Crippen LogP contribution in [0, 0.1) is 11.3 Å². The van der Waals surface area contributed by atoms with Crippen molar-refractivity contribution in [2.75, 3.05) is 10.6 Å². The molecule has 0 saturated carbocycles. The first-order valence-corrected chi connectivity index (χ1v) is 11.7. The Kier molecular flexibility index (Phi) is 6.47. The lowest BCUT2D eigenvalue weighted by Gasteiger charge is -2.10. The number of rotatable bonds is 6. The summed E-state index contributed by atoms with van der Waals surface area (Å²) in [6.07, 6.45) is 6.72. The Morgan fingerprint density at radius 3 is 2.65 bits per heavy atom. The molecule has 0 atom stereocenters. The zero-order chi connectivity index (χ0) is 21.8. The molecule has 0 spiro atoms. The molecule has 1 aliphatic rings. The van der Waals surface area contributed by atoms with Crippen molar-refractivity contribution in [2.45, 2.75) is 25.7 Å². The smallest absolute Gasteiger partial charge is 0.274 e. The zero-order valence-corrected chi connectivity index (χ0v) is 18.7. The van der Waals surface area contributed by atoms with E-state index in [2.05, 4.69) is 21.7 Å². The molecule has 0 fully saturated rings. The molecule has 4 rings (SSSR count). The van der Waals surface area contributed by atoms with Crippen molar-refractivity contribution >= 4 is 56.1 Å². The Balaban J connectivity index is 1.68. The van der Waals surface area contributed by atoms with E-state index in [4.69, 9.17) is 11.6 Å². The SMILES string of the molecule is N#Cc1c(NC(=CC(=O)c2ccc(Cl)cc2)C(=O)Nc2nccs2)sc2c1CCCC2. The monoisotopic (exact) mass is 468 g/mol. The van der Waals surface area contributed by atoms with E-state index in [1.807, 2.05) is 0 Å². The fourth-order valence-corrected chi connectivity index (χ4v) is 5.23. The van der Waals surface area contributed by atoms with Gasteiger partial charge in [-0.1, -0.05) is 11.6 Å². The molecular formula is C22H17ClN4O2S2. The van der Waals surface area contributed by atoms with E-state index in [1.165, 1.54) is 28.7 Å². The minimum atomic E-state index is -0.507. The molecular weight excluding hydrogens is 452 g/mol. The Bertz CT molecular complexity index is 1190. The normalized spacial score (nSPS) is 13.2. The van der Waals surface area contributed by atoms with E-state index < -0.39 is 5.91 Å². The van der Waals surface area contributed by atoms with Crippen LogP contribution in [0.15, 0.2) is 47.6 Å². The topological polar surface area (TPSA) is 94.9 Å². The second-order valence-electron chi connectivity index (χ2n) is 6.87. The second kappa shape index (κ2) is 9.43. The number of anilines is 2. The minimum Gasteiger partial charge on any atom is -0.342 e. The van der Waals surface area contributed by atoms with Crippen LogP contribution in [0.5, 0.6) is 0 Å². The molecule has 0 radical (unpaired) electrons. The van der Waals surface area contributed by atoms with Crippen LogP contribution >= 0.6 is 34.3 Å². The van der Waals surface area contributed by atoms with Crippen molar-refractivity contribution in [2.24, 2.45) is 0 Å². The van der Waals surface area contributed by atoms with Crippen molar-refractivity contribution in [1.82, 2.24) is 4.98 Å². The summed E-state index contributed by atoms with van der Waals surface area (Å²) in [5, 5.41) is 18.7. The summed E-state index contributed by atoms with van der Waals surface area (Å²) < 4.78 is 0. The number of nitriles is 1. The number of thiazole rings is 1. The highest BCUT2D eigenvalue weighted by molar-refractivity contribution is 7.16. The highest BCUT2D eigenvalue weighted by Gasteiger charge is 2.23. The van der Waals surface area contributed by atoms with Crippen LogP contribution in [0.25, 0.3) is 0 Å². The third-order valence-electron chi connectivity index (χ3n) is 4.83. The van der Waals surface area contributed by atoms with Crippen molar-refractivity contribution in [3.05, 3.63) is 74.2 Å². The summed E-state index contributed by atoms with van der Waals surface area (Å²) in [4.78, 5) is 31.0. The van der Waals surface area contributed by atoms with E-state index in [0.717, 1.165) is 36.1 Å². The van der Waals surface area contributed by atoms with Crippen molar-refractivity contribution in [3.63, 3.8) is 0 Å². The van der Waals surface area contributed by atoms with E-state index in [0.29, 0.717) is 26.3 Å². The van der Waals surface area contributed by atoms with Crippen LogP contribution in [0.2, 0.25) is 5.02 Å². The average Bonchev–Trinajstić information content (AvgIpc) is 3.40. The van der Waals surface area contributed by atoms with Crippen LogP contribution < -0.4 is 10.6 Å². The Morgan fingerprint density at radius 1 is 1.16 bits per heavy atom. The maximum atomic E-state index is 13.0. The highest BCUT2D eigenvalue weighted by atomic mass is 35.5. The summed E-state index contributed by atoms with van der Waals surface area (Å²) in [5.41, 5.74) is 2.04. The summed E-state index contributed by atoms with van der Waals surface area (Å²) >= 11 is 8.65. The minimum absolute atomic E-state index is 0.0465. The number of nitrogens with zero attached hydrogens (tertiary/aromatic N) is 2. The number of hydrogen-bond donors (Lipinski definition) is 2. The summed E-state index contributed by atoms with van der Waals surface area (Å²) in [5.74, 6) is -0.860. The quantitative estimate of drug-likeness (QED) is 0.371. The Hall–Kier alpha value is -2.99. The van der Waals surface area contributed by atoms with Gasteiger partial charge in [-0.05, 0) is 55.5 Å². The van der Waals surface area contributed by atoms with Crippen molar-refractivity contribution in [1.29, 1.82) is 5.26 Å². The van der Waals surface area contributed by atoms with E-state index in [-0.39, 0.29) is 11.5 Å². The van der Waals surface area contributed by atoms with Crippen LogP contribution in [0.4, 0.5) is 10.1 Å². The van der Waals surface area contributed by atoms with Crippen LogP contribution in [-0.4, -0.2) is 16.7 Å². The standard InChI is InChI=1S/C22H17ClN4O2S2/c23-14-7-5-13(6-8-14)18(28)11-17(20(29)27-22-25-9-10-30-22)26-21-16(12-24)15-3-1-2-4-19(15)31-21/h5-11,26H,1-4H2,(H,25,27,29). The maximum Gasteiger partial charge on any atom is 0.274 e. The maximum absolute atomic E-state index is 13.0. The number of aromatic nitrogens is 1. The number of nitrogens with one attached hydrogen (secondary N) is 2. The zero-order valence-electron chi connectivity index (χ0n) is 16.3. The Labute approximate surface area is 192 Å². The number of carbonyl (C=O) groups excluding carboxylic acids is 2. The summed E-state index contributed by atoms with van der Waals surface area (Å²) in [6, 6.07) is 8.70. The molecule has 6 nitrogen and oxygen atoms in total. The number of halogens is 1. The van der Waals surface area contributed by atoms with Gasteiger partial charge in [-0.15, -0.1) is 22.7 Å². The van der Waals surface area contributed by atoms with Gasteiger partial charge in [-0.3, -0.25) is 14.9 Å². The molecule has 0 saturated heterocycles. The average molecular weight is 469 g/mol. The summed E-state index contributed by atoms with van der Waals surface area (Å²) in [7, 11) is 0. The number of benzene rings is 1. The predicted octanol–water partition coefficient (Wildman–Crippen LogP) is 5.43. The van der Waals surface area contributed by atoms with Gasteiger partial charge in [0.25, 0.3) is 5.91 Å². The molecule has 1 aromatic carbocycles. The molecule has 9 heteroatoms. The molecule has 0 aliphatic heterocycles. The van der Waals surface area contributed by atoms with Gasteiger partial charge in [0.05, 0.1) is 5.56 Å². The molecule has 0 bridgehead atoms. The molecule has 2 aromatic heterocycles. The van der Waals surface area contributed by atoms with Gasteiger partial charge >= 0.3 is 0 Å². The van der Waals surface area contributed by atoms with E-state index >= 15 is 0 Å². The fraction of sp³-hybridized carbons (Fsp3) is 0.182. The molecule has 2 N–H and O–H groups in total. The van der Waals surface area contributed by atoms with Gasteiger partial charge in [0, 0.05) is 33.1 Å². The third-order valence-corrected chi connectivity index (χ3v) is 6.98. The van der Waals surface area contributed by atoms with E-state index in [9.17, 15) is 14.9 Å². The molecule has 1 amide bonds. The molecule has 1 aliphatic carbocycles. The molecule has 31 heavy (non-hydrogen) atoms. The lowest BCUT2D eigenvalue weighted by atomic mass is 9.96. The first-order valence-electron chi connectivity index (χ1n) is 9.59. The fourth-order valence-electron chi connectivity index (χ4n) is 3.33. The molecule has 2 heterocycles. The predicted molar refractivity (Wildman–Crippen MR) is 124 cm³/mol. The lowest BCUT2D eigenvalue weighted by molar-refractivity contribution is -0.112. The van der Waals surface area contributed by atoms with Gasteiger partial charge in [0.2, 0.25) is 0 Å². The van der Waals surface area contributed by atoms with Crippen LogP contribution in [0.3, 0.4) is 0 Å². The first-order chi connectivity index (χ1) is 15.0. The molecule has 3 aromatic rings. The van der Waals surface area contributed by atoms with E-state index in [1.54, 1.807) is 35.8 Å². The van der Waals surface area contributed by atoms with Crippen LogP contribution in [0.1, 0.15) is 39.2 Å².